The molecule has 2 aromatic carbocycles. The molecule has 0 bridgehead atoms. The second kappa shape index (κ2) is 9.92. The number of ether oxygens (including phenoxy) is 1. The van der Waals surface area contributed by atoms with Crippen molar-refractivity contribution in [3.63, 3.8) is 0 Å². The molecule has 2 rings (SSSR count). The summed E-state index contributed by atoms with van der Waals surface area (Å²) < 4.78 is 43.1. The monoisotopic (exact) mass is 393 g/mol. The topological polar surface area (TPSA) is 55.4 Å². The van der Waals surface area contributed by atoms with E-state index >= 15 is 0 Å². The van der Waals surface area contributed by atoms with Crippen LogP contribution >= 0.6 is 0 Å². The quantitative estimate of drug-likeness (QED) is 0.692. The molecule has 0 saturated heterocycles. The average molecular weight is 393 g/mol. The van der Waals surface area contributed by atoms with Crippen molar-refractivity contribution in [3.8, 4) is 0 Å². The lowest BCUT2D eigenvalue weighted by molar-refractivity contribution is -0.145. The molecule has 0 heterocycles. The van der Waals surface area contributed by atoms with Gasteiger partial charge in [0.2, 0.25) is 5.91 Å². The van der Waals surface area contributed by atoms with Crippen molar-refractivity contribution in [2.24, 2.45) is 0 Å². The fourth-order valence-electron chi connectivity index (χ4n) is 2.83. The fraction of sp³-hybridized carbons (Fsp3) is 0.333. The van der Waals surface area contributed by atoms with Gasteiger partial charge in [0, 0.05) is 0 Å². The molecule has 0 aliphatic rings. The van der Waals surface area contributed by atoms with Crippen LogP contribution in [0.1, 0.15) is 29.5 Å². The SMILES string of the molecule is COC(=O)[C@@H](CCCc1ccccc1)NC(=O)Cc1cccc(C(F)(F)F)c1. The van der Waals surface area contributed by atoms with Crippen molar-refractivity contribution >= 4 is 11.9 Å². The van der Waals surface area contributed by atoms with Crippen LogP contribution in [0, 0.1) is 0 Å². The highest BCUT2D eigenvalue weighted by Gasteiger charge is 2.30. The molecule has 0 aromatic heterocycles. The van der Waals surface area contributed by atoms with Crippen LogP contribution in [0.4, 0.5) is 13.2 Å². The predicted octanol–water partition coefficient (Wildman–Crippen LogP) is 3.93. The Morgan fingerprint density at radius 3 is 2.36 bits per heavy atom. The van der Waals surface area contributed by atoms with Gasteiger partial charge >= 0.3 is 12.1 Å². The van der Waals surface area contributed by atoms with Gasteiger partial charge in [0.1, 0.15) is 6.04 Å². The molecule has 7 heteroatoms. The average Bonchev–Trinajstić information content (AvgIpc) is 2.67. The number of benzene rings is 2. The second-order valence-corrected chi connectivity index (χ2v) is 6.40. The standard InChI is InChI=1S/C21H22F3NO3/c1-28-20(27)18(12-6-9-15-7-3-2-4-8-15)25-19(26)14-16-10-5-11-17(13-16)21(22,23)24/h2-5,7-8,10-11,13,18H,6,9,12,14H2,1H3,(H,25,26)/t18-/m1/s1. The Hall–Kier alpha value is -2.83. The van der Waals surface area contributed by atoms with Crippen LogP contribution in [0.2, 0.25) is 0 Å². The summed E-state index contributed by atoms with van der Waals surface area (Å²) in [6, 6.07) is 13.4. The van der Waals surface area contributed by atoms with Gasteiger partial charge in [-0.05, 0) is 36.5 Å². The first-order valence-corrected chi connectivity index (χ1v) is 8.87. The zero-order valence-corrected chi connectivity index (χ0v) is 15.5. The van der Waals surface area contributed by atoms with Gasteiger partial charge in [-0.25, -0.2) is 4.79 Å². The van der Waals surface area contributed by atoms with E-state index in [2.05, 4.69) is 5.32 Å². The molecule has 0 radical (unpaired) electrons. The maximum atomic E-state index is 12.8. The molecule has 150 valence electrons. The lowest BCUT2D eigenvalue weighted by Crippen LogP contribution is -2.42. The minimum Gasteiger partial charge on any atom is -0.467 e. The number of alkyl halides is 3. The van der Waals surface area contributed by atoms with Gasteiger partial charge in [-0.15, -0.1) is 0 Å². The molecule has 0 saturated carbocycles. The molecule has 1 amide bonds. The number of nitrogens with one attached hydrogen (secondary N) is 1. The van der Waals surface area contributed by atoms with Crippen molar-refractivity contribution in [2.45, 2.75) is 37.9 Å². The molecule has 0 aliphatic heterocycles. The van der Waals surface area contributed by atoms with E-state index in [1.165, 1.54) is 19.2 Å². The number of carbonyl (C=O) groups is 2. The van der Waals surface area contributed by atoms with E-state index in [0.29, 0.717) is 12.8 Å². The van der Waals surface area contributed by atoms with Crippen molar-refractivity contribution in [1.82, 2.24) is 5.32 Å². The molecule has 1 N–H and O–H groups in total. The first-order chi connectivity index (χ1) is 13.3. The molecule has 0 fully saturated rings. The Kier molecular flexibility index (Phi) is 7.61. The molecule has 2 aromatic rings. The van der Waals surface area contributed by atoms with E-state index in [1.807, 2.05) is 30.3 Å². The van der Waals surface area contributed by atoms with Crippen molar-refractivity contribution in [3.05, 3.63) is 71.3 Å². The Labute approximate surface area is 161 Å². The third kappa shape index (κ3) is 6.72. The Bertz CT molecular complexity index is 791. The Balaban J connectivity index is 1.94. The van der Waals surface area contributed by atoms with E-state index in [-0.39, 0.29) is 12.0 Å². The molecule has 4 nitrogen and oxygen atoms in total. The summed E-state index contributed by atoms with van der Waals surface area (Å²) in [6.07, 6.45) is -2.98. The molecule has 0 unspecified atom stereocenters. The fourth-order valence-corrected chi connectivity index (χ4v) is 2.83. The molecular formula is C21H22F3NO3. The van der Waals surface area contributed by atoms with Gasteiger partial charge < -0.3 is 10.1 Å². The summed E-state index contributed by atoms with van der Waals surface area (Å²) in [5, 5.41) is 2.57. The maximum absolute atomic E-state index is 12.8. The summed E-state index contributed by atoms with van der Waals surface area (Å²) in [5.74, 6) is -1.11. The van der Waals surface area contributed by atoms with Crippen LogP contribution in [-0.4, -0.2) is 25.0 Å². The van der Waals surface area contributed by atoms with Crippen LogP contribution in [0.25, 0.3) is 0 Å². The van der Waals surface area contributed by atoms with Gasteiger partial charge in [0.05, 0.1) is 19.1 Å². The number of esters is 1. The van der Waals surface area contributed by atoms with Crippen molar-refractivity contribution < 1.29 is 27.5 Å². The number of hydrogen-bond donors (Lipinski definition) is 1. The van der Waals surface area contributed by atoms with Crippen LogP contribution in [0.5, 0.6) is 0 Å². The molecular weight excluding hydrogens is 371 g/mol. The molecule has 0 aliphatic carbocycles. The lowest BCUT2D eigenvalue weighted by atomic mass is 10.0. The lowest BCUT2D eigenvalue weighted by Gasteiger charge is -2.17. The van der Waals surface area contributed by atoms with Gasteiger partial charge in [-0.1, -0.05) is 48.5 Å². The van der Waals surface area contributed by atoms with E-state index < -0.39 is 29.7 Å². The highest BCUT2D eigenvalue weighted by Crippen LogP contribution is 2.29. The zero-order valence-electron chi connectivity index (χ0n) is 15.5. The number of amides is 1. The number of rotatable bonds is 8. The normalized spacial score (nSPS) is 12.3. The maximum Gasteiger partial charge on any atom is 0.416 e. The molecule has 0 spiro atoms. The first-order valence-electron chi connectivity index (χ1n) is 8.87. The third-order valence-corrected chi connectivity index (χ3v) is 4.24. The smallest absolute Gasteiger partial charge is 0.416 e. The summed E-state index contributed by atoms with van der Waals surface area (Å²) in [5.41, 5.74) is 0.520. The summed E-state index contributed by atoms with van der Waals surface area (Å²) in [6.45, 7) is 0. The van der Waals surface area contributed by atoms with Crippen molar-refractivity contribution in [1.29, 1.82) is 0 Å². The van der Waals surface area contributed by atoms with Gasteiger partial charge in [0.25, 0.3) is 0 Å². The zero-order chi connectivity index (χ0) is 20.6. The minimum atomic E-state index is -4.47. The molecule has 28 heavy (non-hydrogen) atoms. The van der Waals surface area contributed by atoms with E-state index in [9.17, 15) is 22.8 Å². The summed E-state index contributed by atoms with van der Waals surface area (Å²) in [7, 11) is 1.23. The number of methoxy groups -OCH3 is 1. The summed E-state index contributed by atoms with van der Waals surface area (Å²) >= 11 is 0. The summed E-state index contributed by atoms with van der Waals surface area (Å²) in [4.78, 5) is 24.2. The Morgan fingerprint density at radius 1 is 1.04 bits per heavy atom. The Morgan fingerprint density at radius 2 is 1.71 bits per heavy atom. The van der Waals surface area contributed by atoms with Gasteiger partial charge in [-0.2, -0.15) is 13.2 Å². The van der Waals surface area contributed by atoms with Crippen LogP contribution in [0.3, 0.4) is 0 Å². The van der Waals surface area contributed by atoms with Gasteiger partial charge in [-0.3, -0.25) is 4.79 Å². The molecule has 1 atom stereocenters. The third-order valence-electron chi connectivity index (χ3n) is 4.24. The van der Waals surface area contributed by atoms with E-state index in [1.54, 1.807) is 0 Å². The minimum absolute atomic E-state index is 0.222. The van der Waals surface area contributed by atoms with Gasteiger partial charge in [0.15, 0.2) is 0 Å². The van der Waals surface area contributed by atoms with Crippen LogP contribution < -0.4 is 5.32 Å². The number of hydrogen-bond acceptors (Lipinski definition) is 3. The predicted molar refractivity (Wildman–Crippen MR) is 98.5 cm³/mol. The first kappa shape index (κ1) is 21.5. The number of aryl methyl sites for hydroxylation is 1. The highest BCUT2D eigenvalue weighted by atomic mass is 19.4. The van der Waals surface area contributed by atoms with Crippen LogP contribution in [0.15, 0.2) is 54.6 Å². The number of carbonyl (C=O) groups excluding carboxylic acids is 2. The number of halogens is 3. The second-order valence-electron chi connectivity index (χ2n) is 6.40. The van der Waals surface area contributed by atoms with Crippen molar-refractivity contribution in [2.75, 3.05) is 7.11 Å². The van der Waals surface area contributed by atoms with E-state index in [4.69, 9.17) is 4.74 Å². The van der Waals surface area contributed by atoms with Crippen LogP contribution in [-0.2, 0) is 33.3 Å². The van der Waals surface area contributed by atoms with E-state index in [0.717, 1.165) is 24.1 Å². The largest absolute Gasteiger partial charge is 0.467 e. The highest BCUT2D eigenvalue weighted by molar-refractivity contribution is 5.85.